The maximum atomic E-state index is 13.6. The second kappa shape index (κ2) is 10.3. The average Bonchev–Trinajstić information content (AvgIpc) is 3.22. The van der Waals surface area contributed by atoms with Crippen LogP contribution in [0.3, 0.4) is 0 Å². The molecule has 10 heteroatoms. The number of non-ortho nitro benzene ring substituents is 1. The average molecular weight is 547 g/mol. The maximum Gasteiger partial charge on any atom is 0.336 e. The van der Waals surface area contributed by atoms with Crippen molar-refractivity contribution in [2.45, 2.75) is 19.4 Å². The monoisotopic (exact) mass is 546 g/mol. The van der Waals surface area contributed by atoms with Crippen LogP contribution in [0, 0.1) is 10.1 Å². The molecule has 0 amide bonds. The van der Waals surface area contributed by atoms with E-state index in [1.54, 1.807) is 43.3 Å². The third-order valence-corrected chi connectivity index (χ3v) is 7.05. The highest BCUT2D eigenvalue weighted by molar-refractivity contribution is 6.32. The van der Waals surface area contributed by atoms with Gasteiger partial charge in [0.25, 0.3) is 5.69 Å². The summed E-state index contributed by atoms with van der Waals surface area (Å²) in [5.74, 6) is -0.992. The van der Waals surface area contributed by atoms with E-state index >= 15 is 0 Å². The lowest BCUT2D eigenvalue weighted by atomic mass is 9.79. The highest BCUT2D eigenvalue weighted by atomic mass is 35.5. The zero-order valence-corrected chi connectivity index (χ0v) is 22.0. The van der Waals surface area contributed by atoms with Crippen molar-refractivity contribution in [3.8, 4) is 11.5 Å². The standard InChI is InChI=1S/C29H23ClN2O7/c1-15-23(29(34)38-3)24(25-26(31-15)19-6-4-5-7-20(19)27(25)33)17-12-21(30)28(22(13-17)37-2)39-14-16-8-10-18(11-9-16)32(35)36/h4-13,24,31H,14H2,1-3H3/t24-/m1/s1. The number of nitro benzene ring substituents is 1. The minimum atomic E-state index is -0.774. The number of fused-ring (bicyclic) bond motifs is 2. The quantitative estimate of drug-likeness (QED) is 0.232. The number of esters is 1. The first-order valence-corrected chi connectivity index (χ1v) is 12.3. The Kier molecular flexibility index (Phi) is 6.84. The summed E-state index contributed by atoms with van der Waals surface area (Å²) in [5.41, 5.74) is 4.42. The third-order valence-electron chi connectivity index (χ3n) is 6.77. The van der Waals surface area contributed by atoms with Crippen molar-refractivity contribution in [1.29, 1.82) is 0 Å². The van der Waals surface area contributed by atoms with Gasteiger partial charge in [-0.1, -0.05) is 35.9 Å². The number of nitro groups is 1. The van der Waals surface area contributed by atoms with Gasteiger partial charge in [-0.25, -0.2) is 4.79 Å². The Morgan fingerprint density at radius 3 is 2.41 bits per heavy atom. The molecule has 1 heterocycles. The van der Waals surface area contributed by atoms with Crippen molar-refractivity contribution in [1.82, 2.24) is 5.32 Å². The Morgan fingerprint density at radius 2 is 1.77 bits per heavy atom. The van der Waals surface area contributed by atoms with E-state index in [0.717, 1.165) is 5.56 Å². The number of hydrogen-bond donors (Lipinski definition) is 1. The summed E-state index contributed by atoms with van der Waals surface area (Å²) in [7, 11) is 2.75. The van der Waals surface area contributed by atoms with Crippen LogP contribution < -0.4 is 14.8 Å². The van der Waals surface area contributed by atoms with Crippen molar-refractivity contribution in [2.24, 2.45) is 0 Å². The molecule has 0 spiro atoms. The fourth-order valence-corrected chi connectivity index (χ4v) is 5.23. The van der Waals surface area contributed by atoms with Gasteiger partial charge < -0.3 is 19.5 Å². The van der Waals surface area contributed by atoms with Gasteiger partial charge in [0.2, 0.25) is 0 Å². The van der Waals surface area contributed by atoms with E-state index in [2.05, 4.69) is 5.32 Å². The van der Waals surface area contributed by atoms with E-state index < -0.39 is 16.8 Å². The Bertz CT molecular complexity index is 1590. The molecule has 198 valence electrons. The van der Waals surface area contributed by atoms with Crippen LogP contribution in [0.5, 0.6) is 11.5 Å². The van der Waals surface area contributed by atoms with Gasteiger partial charge >= 0.3 is 5.97 Å². The van der Waals surface area contributed by atoms with E-state index in [9.17, 15) is 19.7 Å². The first-order chi connectivity index (χ1) is 18.7. The first kappa shape index (κ1) is 26.0. The van der Waals surface area contributed by atoms with Crippen molar-refractivity contribution in [3.05, 3.63) is 115 Å². The number of ether oxygens (including phenoxy) is 3. The predicted molar refractivity (Wildman–Crippen MR) is 144 cm³/mol. The molecule has 5 rings (SSSR count). The van der Waals surface area contributed by atoms with Gasteiger partial charge in [0.1, 0.15) is 6.61 Å². The molecule has 0 fully saturated rings. The second-order valence-corrected chi connectivity index (χ2v) is 9.41. The van der Waals surface area contributed by atoms with Crippen LogP contribution in [0.4, 0.5) is 5.69 Å². The fourth-order valence-electron chi connectivity index (χ4n) is 4.96. The number of Topliss-reactive ketones (excluding diaryl/α,β-unsaturated/α-hetero) is 1. The number of benzene rings is 3. The molecule has 3 aromatic carbocycles. The van der Waals surface area contributed by atoms with Crippen LogP contribution in [-0.2, 0) is 16.1 Å². The van der Waals surface area contributed by atoms with Crippen LogP contribution in [0.2, 0.25) is 5.02 Å². The third kappa shape index (κ3) is 4.51. The summed E-state index contributed by atoms with van der Waals surface area (Å²) in [6.45, 7) is 1.84. The molecular weight excluding hydrogens is 524 g/mol. The van der Waals surface area contributed by atoms with Gasteiger partial charge in [0, 0.05) is 40.4 Å². The lowest BCUT2D eigenvalue weighted by Crippen LogP contribution is -2.29. The van der Waals surface area contributed by atoms with E-state index in [4.69, 9.17) is 25.8 Å². The minimum Gasteiger partial charge on any atom is -0.493 e. The number of ketones is 1. The molecule has 0 saturated heterocycles. The van der Waals surface area contributed by atoms with Crippen molar-refractivity contribution in [3.63, 3.8) is 0 Å². The van der Waals surface area contributed by atoms with Crippen LogP contribution in [-0.4, -0.2) is 30.9 Å². The molecular formula is C29H23ClN2O7. The van der Waals surface area contributed by atoms with Gasteiger partial charge in [-0.15, -0.1) is 0 Å². The summed E-state index contributed by atoms with van der Waals surface area (Å²) in [4.78, 5) is 37.0. The van der Waals surface area contributed by atoms with Gasteiger partial charge in [-0.05, 0) is 42.3 Å². The van der Waals surface area contributed by atoms with Crippen molar-refractivity contribution in [2.75, 3.05) is 14.2 Å². The number of carbonyl (C=O) groups is 2. The zero-order chi connectivity index (χ0) is 27.8. The summed E-state index contributed by atoms with van der Waals surface area (Å²) in [6, 6.07) is 16.6. The van der Waals surface area contributed by atoms with Crippen molar-refractivity contribution >= 4 is 34.7 Å². The van der Waals surface area contributed by atoms with E-state index in [1.165, 1.54) is 26.4 Å². The Morgan fingerprint density at radius 1 is 1.08 bits per heavy atom. The Hall–Kier alpha value is -4.63. The predicted octanol–water partition coefficient (Wildman–Crippen LogP) is 5.58. The Balaban J connectivity index is 1.56. The number of halogens is 1. The smallest absolute Gasteiger partial charge is 0.336 e. The van der Waals surface area contributed by atoms with Crippen LogP contribution >= 0.6 is 11.6 Å². The fraction of sp³-hybridized carbons (Fsp3) is 0.172. The minimum absolute atomic E-state index is 0.0252. The van der Waals surface area contributed by atoms with Gasteiger partial charge in [0.15, 0.2) is 17.3 Å². The number of methoxy groups -OCH3 is 2. The van der Waals surface area contributed by atoms with Crippen LogP contribution in [0.25, 0.3) is 5.70 Å². The summed E-state index contributed by atoms with van der Waals surface area (Å²) >= 11 is 6.69. The van der Waals surface area contributed by atoms with E-state index in [1.807, 2.05) is 12.1 Å². The lowest BCUT2D eigenvalue weighted by molar-refractivity contribution is -0.384. The molecule has 1 aliphatic heterocycles. The lowest BCUT2D eigenvalue weighted by Gasteiger charge is -2.29. The van der Waals surface area contributed by atoms with Gasteiger partial charge in [-0.3, -0.25) is 14.9 Å². The van der Waals surface area contributed by atoms with Crippen molar-refractivity contribution < 1.29 is 28.7 Å². The SMILES string of the molecule is COC(=O)C1=C(C)NC2=C(C(=O)c3ccccc32)[C@@H]1c1cc(Cl)c(OCc2ccc([N+](=O)[O-])cc2)c(OC)c1. The topological polar surface area (TPSA) is 117 Å². The molecule has 3 aromatic rings. The highest BCUT2D eigenvalue weighted by Crippen LogP contribution is 2.49. The molecule has 0 bridgehead atoms. The summed E-state index contributed by atoms with van der Waals surface area (Å²) in [5, 5.41) is 14.4. The molecule has 1 atom stereocenters. The molecule has 0 aromatic heterocycles. The molecule has 9 nitrogen and oxygen atoms in total. The number of rotatable bonds is 7. The number of nitrogens with one attached hydrogen (secondary N) is 1. The molecule has 0 saturated carbocycles. The molecule has 0 radical (unpaired) electrons. The second-order valence-electron chi connectivity index (χ2n) is 9.00. The number of hydrogen-bond acceptors (Lipinski definition) is 8. The van der Waals surface area contributed by atoms with Gasteiger partial charge in [0.05, 0.1) is 35.4 Å². The Labute approximate surface area is 228 Å². The normalized spacial score (nSPS) is 15.9. The summed E-state index contributed by atoms with van der Waals surface area (Å²) < 4.78 is 16.6. The molecule has 2 aliphatic rings. The first-order valence-electron chi connectivity index (χ1n) is 11.9. The van der Waals surface area contributed by atoms with Gasteiger partial charge in [-0.2, -0.15) is 0 Å². The van der Waals surface area contributed by atoms with E-state index in [-0.39, 0.29) is 34.4 Å². The largest absolute Gasteiger partial charge is 0.493 e. The number of carbonyl (C=O) groups excluding carboxylic acids is 2. The molecule has 1 aliphatic carbocycles. The van der Waals surface area contributed by atoms with Crippen LogP contribution in [0.1, 0.15) is 39.9 Å². The summed E-state index contributed by atoms with van der Waals surface area (Å²) in [6.07, 6.45) is 0. The number of dihydropyridines is 1. The molecule has 0 unspecified atom stereocenters. The highest BCUT2D eigenvalue weighted by Gasteiger charge is 2.43. The maximum absolute atomic E-state index is 13.6. The zero-order valence-electron chi connectivity index (χ0n) is 21.2. The molecule has 39 heavy (non-hydrogen) atoms. The number of allylic oxidation sites excluding steroid dienone is 2. The van der Waals surface area contributed by atoms with Crippen LogP contribution in [0.15, 0.2) is 77.5 Å². The molecule has 1 N–H and O–H groups in total. The number of nitrogens with zero attached hydrogens (tertiary/aromatic N) is 1. The van der Waals surface area contributed by atoms with E-state index in [0.29, 0.717) is 39.4 Å².